The summed E-state index contributed by atoms with van der Waals surface area (Å²) in [5.41, 5.74) is -0.284. The molecular weight excluding hydrogens is 357 g/mol. The molecule has 0 amide bonds. The fourth-order valence-corrected chi connectivity index (χ4v) is 4.74. The maximum absolute atomic E-state index is 12.6. The highest BCUT2D eigenvalue weighted by Crippen LogP contribution is 2.43. The van der Waals surface area contributed by atoms with Crippen LogP contribution in [-0.4, -0.2) is 54.2 Å². The molecule has 0 bridgehead atoms. The first-order valence-corrected chi connectivity index (χ1v) is 9.72. The van der Waals surface area contributed by atoms with Gasteiger partial charge in [0.2, 0.25) is 0 Å². The fourth-order valence-electron chi connectivity index (χ4n) is 4.74. The number of likely N-dealkylation sites (tertiary alicyclic amines) is 1. The van der Waals surface area contributed by atoms with Crippen molar-refractivity contribution in [2.24, 2.45) is 0 Å². The molecule has 27 heavy (non-hydrogen) atoms. The highest BCUT2D eigenvalue weighted by atomic mass is 19.4. The molecule has 2 N–H and O–H groups in total. The average Bonchev–Trinajstić information content (AvgIpc) is 3.09. The number of benzene rings is 1. The van der Waals surface area contributed by atoms with Gasteiger partial charge in [0, 0.05) is 31.1 Å². The van der Waals surface area contributed by atoms with Crippen LogP contribution in [0.25, 0.3) is 0 Å². The van der Waals surface area contributed by atoms with Gasteiger partial charge in [-0.2, -0.15) is 0 Å². The highest BCUT2D eigenvalue weighted by molar-refractivity contribution is 5.33. The molecule has 3 unspecified atom stereocenters. The molecule has 3 rings (SSSR count). The summed E-state index contributed by atoms with van der Waals surface area (Å²) in [5.74, 6) is -0.521. The lowest BCUT2D eigenvalue weighted by molar-refractivity contribution is -0.274. The first-order valence-electron chi connectivity index (χ1n) is 9.72. The zero-order valence-corrected chi connectivity index (χ0v) is 15.9. The molecule has 7 heteroatoms. The molecule has 4 nitrogen and oxygen atoms in total. The molecule has 1 aromatic rings. The minimum atomic E-state index is -4.72. The van der Waals surface area contributed by atoms with Crippen molar-refractivity contribution < 1.29 is 23.0 Å². The summed E-state index contributed by atoms with van der Waals surface area (Å²) in [4.78, 5) is 2.35. The summed E-state index contributed by atoms with van der Waals surface area (Å²) in [6, 6.07) is 6.48. The topological polar surface area (TPSA) is 44.7 Å². The van der Waals surface area contributed by atoms with Gasteiger partial charge in [-0.25, -0.2) is 0 Å². The van der Waals surface area contributed by atoms with Crippen LogP contribution in [-0.2, 0) is 0 Å². The minimum Gasteiger partial charge on any atom is -0.406 e. The Kier molecular flexibility index (Phi) is 6.03. The summed E-state index contributed by atoms with van der Waals surface area (Å²) >= 11 is 0. The molecule has 0 spiro atoms. The standard InChI is InChI=1S/C20H29F3N2O2/c1-14(15-6-5-7-17(12-15)27-20(21,22)23)19(26)10-4-3-8-18(19)25-11-9-16(13-25)24-2/h5-7,12,14,16,18,24,26H,3-4,8-11,13H2,1-2H3/t14?,16-,18?,19?/m1/s1. The van der Waals surface area contributed by atoms with E-state index >= 15 is 0 Å². The van der Waals surface area contributed by atoms with Crippen LogP contribution in [0, 0.1) is 0 Å². The summed E-state index contributed by atoms with van der Waals surface area (Å²) in [6.45, 7) is 3.74. The molecule has 1 aromatic carbocycles. The lowest BCUT2D eigenvalue weighted by Gasteiger charge is -2.48. The first kappa shape index (κ1) is 20.4. The molecular formula is C20H29F3N2O2. The van der Waals surface area contributed by atoms with Gasteiger partial charge in [-0.1, -0.05) is 31.9 Å². The van der Waals surface area contributed by atoms with E-state index in [9.17, 15) is 18.3 Å². The van der Waals surface area contributed by atoms with Gasteiger partial charge in [-0.15, -0.1) is 13.2 Å². The summed E-state index contributed by atoms with van der Waals surface area (Å²) < 4.78 is 41.7. The normalized spacial score (nSPS) is 31.0. The monoisotopic (exact) mass is 386 g/mol. The van der Waals surface area contributed by atoms with E-state index < -0.39 is 12.0 Å². The van der Waals surface area contributed by atoms with Crippen molar-refractivity contribution in [1.29, 1.82) is 0 Å². The molecule has 0 radical (unpaired) electrons. The van der Waals surface area contributed by atoms with Gasteiger partial charge in [0.05, 0.1) is 5.60 Å². The van der Waals surface area contributed by atoms with Crippen LogP contribution in [0.5, 0.6) is 5.75 Å². The Morgan fingerprint density at radius 2 is 2.07 bits per heavy atom. The molecule has 1 heterocycles. The Bertz CT molecular complexity index is 640. The number of hydrogen-bond donors (Lipinski definition) is 2. The highest BCUT2D eigenvalue weighted by Gasteiger charge is 2.47. The fraction of sp³-hybridized carbons (Fsp3) is 0.700. The third kappa shape index (κ3) is 4.58. The van der Waals surface area contributed by atoms with E-state index in [1.165, 1.54) is 12.1 Å². The second kappa shape index (κ2) is 7.97. The molecule has 1 saturated heterocycles. The zero-order valence-electron chi connectivity index (χ0n) is 15.9. The number of alkyl halides is 3. The third-order valence-corrected chi connectivity index (χ3v) is 6.29. The van der Waals surface area contributed by atoms with E-state index in [2.05, 4.69) is 15.0 Å². The Labute approximate surface area is 158 Å². The second-order valence-corrected chi connectivity index (χ2v) is 7.86. The van der Waals surface area contributed by atoms with Crippen LogP contribution < -0.4 is 10.1 Å². The SMILES string of the molecule is CN[C@@H]1CCN(C2CCCCC2(O)C(C)c2cccc(OC(F)(F)F)c2)C1. The van der Waals surface area contributed by atoms with Crippen LogP contribution in [0.1, 0.15) is 50.5 Å². The van der Waals surface area contributed by atoms with Crippen molar-refractivity contribution >= 4 is 0 Å². The predicted octanol–water partition coefficient (Wildman–Crippen LogP) is 3.66. The quantitative estimate of drug-likeness (QED) is 0.811. The van der Waals surface area contributed by atoms with Gasteiger partial charge in [-0.3, -0.25) is 4.90 Å². The zero-order chi connectivity index (χ0) is 19.7. The number of aliphatic hydroxyl groups is 1. The van der Waals surface area contributed by atoms with Crippen LogP contribution in [0.4, 0.5) is 13.2 Å². The van der Waals surface area contributed by atoms with E-state index in [1.807, 2.05) is 14.0 Å². The van der Waals surface area contributed by atoms with Crippen molar-refractivity contribution in [2.45, 2.75) is 69.0 Å². The largest absolute Gasteiger partial charge is 0.573 e. The number of rotatable bonds is 5. The maximum atomic E-state index is 12.6. The van der Waals surface area contributed by atoms with E-state index in [-0.39, 0.29) is 17.7 Å². The smallest absolute Gasteiger partial charge is 0.406 e. The minimum absolute atomic E-state index is 0.0202. The number of nitrogens with one attached hydrogen (secondary N) is 1. The van der Waals surface area contributed by atoms with E-state index in [0.717, 1.165) is 38.8 Å². The Hall–Kier alpha value is -1.31. The second-order valence-electron chi connectivity index (χ2n) is 7.86. The van der Waals surface area contributed by atoms with Crippen molar-refractivity contribution in [3.63, 3.8) is 0 Å². The number of nitrogens with zero attached hydrogens (tertiary/aromatic N) is 1. The molecule has 152 valence electrons. The van der Waals surface area contributed by atoms with Crippen LogP contribution in [0.15, 0.2) is 24.3 Å². The van der Waals surface area contributed by atoms with Crippen molar-refractivity contribution in [1.82, 2.24) is 10.2 Å². The number of hydrogen-bond acceptors (Lipinski definition) is 4. The molecule has 4 atom stereocenters. The number of ether oxygens (including phenoxy) is 1. The molecule has 1 aliphatic heterocycles. The Morgan fingerprint density at radius 3 is 2.74 bits per heavy atom. The van der Waals surface area contributed by atoms with Gasteiger partial charge < -0.3 is 15.2 Å². The van der Waals surface area contributed by atoms with Gasteiger partial charge in [-0.05, 0) is 44.0 Å². The van der Waals surface area contributed by atoms with Gasteiger partial charge in [0.15, 0.2) is 0 Å². The van der Waals surface area contributed by atoms with E-state index in [0.29, 0.717) is 18.0 Å². The average molecular weight is 386 g/mol. The maximum Gasteiger partial charge on any atom is 0.573 e. The van der Waals surface area contributed by atoms with Crippen molar-refractivity contribution in [3.05, 3.63) is 29.8 Å². The lowest BCUT2D eigenvalue weighted by atomic mass is 9.70. The van der Waals surface area contributed by atoms with Crippen molar-refractivity contribution in [2.75, 3.05) is 20.1 Å². The molecule has 2 aliphatic rings. The molecule has 1 aliphatic carbocycles. The third-order valence-electron chi connectivity index (χ3n) is 6.29. The lowest BCUT2D eigenvalue weighted by Crippen LogP contribution is -2.57. The Morgan fingerprint density at radius 1 is 1.30 bits per heavy atom. The van der Waals surface area contributed by atoms with Crippen LogP contribution in [0.3, 0.4) is 0 Å². The predicted molar refractivity (Wildman–Crippen MR) is 97.8 cm³/mol. The summed E-state index contributed by atoms with van der Waals surface area (Å²) in [7, 11) is 1.95. The number of halogens is 3. The summed E-state index contributed by atoms with van der Waals surface area (Å²) in [6.07, 6.45) is -0.104. The van der Waals surface area contributed by atoms with Crippen molar-refractivity contribution in [3.8, 4) is 5.75 Å². The van der Waals surface area contributed by atoms with Crippen LogP contribution >= 0.6 is 0 Å². The van der Waals surface area contributed by atoms with Gasteiger partial charge >= 0.3 is 6.36 Å². The van der Waals surface area contributed by atoms with E-state index in [4.69, 9.17) is 0 Å². The Balaban J connectivity index is 1.82. The molecule has 2 fully saturated rings. The molecule has 0 aromatic heterocycles. The first-order chi connectivity index (χ1) is 12.7. The summed E-state index contributed by atoms with van der Waals surface area (Å²) in [5, 5.41) is 15.0. The van der Waals surface area contributed by atoms with Gasteiger partial charge in [0.25, 0.3) is 0 Å². The van der Waals surface area contributed by atoms with Crippen LogP contribution in [0.2, 0.25) is 0 Å². The van der Waals surface area contributed by atoms with Gasteiger partial charge in [0.1, 0.15) is 5.75 Å². The number of likely N-dealkylation sites (N-methyl/N-ethyl adjacent to an activating group) is 1. The molecule has 1 saturated carbocycles. The van der Waals surface area contributed by atoms with E-state index in [1.54, 1.807) is 12.1 Å².